The average Bonchev–Trinajstić information content (AvgIpc) is 3.35. The molecule has 1 saturated carbocycles. The van der Waals surface area contributed by atoms with Gasteiger partial charge in [0.25, 0.3) is 0 Å². The van der Waals surface area contributed by atoms with Gasteiger partial charge in [-0.15, -0.1) is 0 Å². The van der Waals surface area contributed by atoms with Gasteiger partial charge in [0, 0.05) is 38.3 Å². The molecule has 1 aromatic heterocycles. The fourth-order valence-corrected chi connectivity index (χ4v) is 3.26. The first-order valence-corrected chi connectivity index (χ1v) is 8.99. The summed E-state index contributed by atoms with van der Waals surface area (Å²) in [4.78, 5) is 4.70. The minimum absolute atomic E-state index is 0.825. The maximum atomic E-state index is 5.82. The van der Waals surface area contributed by atoms with Crippen LogP contribution in [0, 0.1) is 5.92 Å². The Morgan fingerprint density at radius 3 is 2.58 bits per heavy atom. The Labute approximate surface area is 143 Å². The monoisotopic (exact) mass is 326 g/mol. The Hall–Kier alpha value is -1.85. The fourth-order valence-electron chi connectivity index (χ4n) is 3.26. The lowest BCUT2D eigenvalue weighted by atomic mass is 10.1. The molecule has 2 fully saturated rings. The average molecular weight is 326 g/mol. The molecule has 0 amide bonds. The number of nitrogens with one attached hydrogen (secondary N) is 1. The number of anilines is 1. The van der Waals surface area contributed by atoms with Crippen molar-refractivity contribution in [2.75, 3.05) is 44.7 Å². The van der Waals surface area contributed by atoms with E-state index in [-0.39, 0.29) is 0 Å². The fraction of sp³-hybridized carbons (Fsp3) is 0.526. The Balaban J connectivity index is 1.58. The van der Waals surface area contributed by atoms with Crippen LogP contribution in [0.25, 0.3) is 11.3 Å². The third-order valence-electron chi connectivity index (χ3n) is 5.04. The van der Waals surface area contributed by atoms with Crippen LogP contribution in [0.5, 0.6) is 0 Å². The third-order valence-corrected chi connectivity index (χ3v) is 5.04. The molecule has 1 saturated heterocycles. The molecule has 0 atom stereocenters. The molecule has 0 bridgehead atoms. The van der Waals surface area contributed by atoms with Gasteiger partial charge >= 0.3 is 0 Å². The van der Waals surface area contributed by atoms with Crippen LogP contribution in [0.15, 0.2) is 34.9 Å². The highest BCUT2D eigenvalue weighted by Gasteiger charge is 2.26. The molecule has 1 aromatic carbocycles. The third kappa shape index (κ3) is 3.47. The molecule has 1 N–H and O–H groups in total. The maximum Gasteiger partial charge on any atom is 0.232 e. The topological polar surface area (TPSA) is 44.5 Å². The summed E-state index contributed by atoms with van der Waals surface area (Å²) in [5.41, 5.74) is 3.31. The van der Waals surface area contributed by atoms with Crippen LogP contribution < -0.4 is 10.2 Å². The van der Waals surface area contributed by atoms with E-state index in [9.17, 15) is 0 Å². The number of aromatic nitrogens is 1. The molecule has 1 aliphatic carbocycles. The summed E-state index contributed by atoms with van der Waals surface area (Å²) in [6.45, 7) is 6.05. The van der Waals surface area contributed by atoms with E-state index in [4.69, 9.17) is 4.52 Å². The predicted molar refractivity (Wildman–Crippen MR) is 96.1 cm³/mol. The first-order valence-electron chi connectivity index (χ1n) is 8.99. The van der Waals surface area contributed by atoms with Crippen molar-refractivity contribution < 1.29 is 4.52 Å². The van der Waals surface area contributed by atoms with Gasteiger partial charge in [0.15, 0.2) is 0 Å². The standard InChI is InChI=1S/C19H26N4O/c1-22-9-11-23(12-10-22)19-17(14-20-13-15-7-8-15)18(21-24-19)16-5-3-2-4-6-16/h2-6,15,20H,7-14H2,1H3. The van der Waals surface area contributed by atoms with Crippen LogP contribution in [0.1, 0.15) is 18.4 Å². The molecular weight excluding hydrogens is 300 g/mol. The molecule has 128 valence electrons. The zero-order valence-corrected chi connectivity index (χ0v) is 14.4. The molecule has 2 aliphatic rings. The van der Waals surface area contributed by atoms with Crippen LogP contribution in [0.4, 0.5) is 5.88 Å². The summed E-state index contributed by atoms with van der Waals surface area (Å²) < 4.78 is 5.82. The largest absolute Gasteiger partial charge is 0.338 e. The number of likely N-dealkylation sites (N-methyl/N-ethyl adjacent to an activating group) is 1. The second-order valence-corrected chi connectivity index (χ2v) is 7.05. The van der Waals surface area contributed by atoms with Crippen molar-refractivity contribution in [2.45, 2.75) is 19.4 Å². The molecule has 24 heavy (non-hydrogen) atoms. The zero-order valence-electron chi connectivity index (χ0n) is 14.4. The van der Waals surface area contributed by atoms with E-state index in [1.807, 2.05) is 6.07 Å². The lowest BCUT2D eigenvalue weighted by molar-refractivity contribution is 0.300. The summed E-state index contributed by atoms with van der Waals surface area (Å²) in [6.07, 6.45) is 2.74. The van der Waals surface area contributed by atoms with Gasteiger partial charge in [-0.05, 0) is 32.4 Å². The lowest BCUT2D eigenvalue weighted by Crippen LogP contribution is -2.44. The molecular formula is C19H26N4O. The van der Waals surface area contributed by atoms with Crippen molar-refractivity contribution in [2.24, 2.45) is 5.92 Å². The Bertz CT molecular complexity index is 657. The van der Waals surface area contributed by atoms with E-state index in [0.29, 0.717) is 0 Å². The second kappa shape index (κ2) is 6.95. The zero-order chi connectivity index (χ0) is 16.4. The predicted octanol–water partition coefficient (Wildman–Crippen LogP) is 2.59. The highest BCUT2D eigenvalue weighted by molar-refractivity contribution is 5.68. The van der Waals surface area contributed by atoms with Crippen molar-refractivity contribution in [3.63, 3.8) is 0 Å². The molecule has 1 aliphatic heterocycles. The molecule has 0 unspecified atom stereocenters. The normalized spacial score (nSPS) is 19.0. The number of hydrogen-bond donors (Lipinski definition) is 1. The van der Waals surface area contributed by atoms with Gasteiger partial charge in [-0.1, -0.05) is 35.5 Å². The van der Waals surface area contributed by atoms with E-state index in [1.165, 1.54) is 18.4 Å². The SMILES string of the molecule is CN1CCN(c2onc(-c3ccccc3)c2CNCC2CC2)CC1. The van der Waals surface area contributed by atoms with E-state index in [0.717, 1.165) is 62.3 Å². The minimum atomic E-state index is 0.825. The van der Waals surface area contributed by atoms with Crippen LogP contribution in [0.2, 0.25) is 0 Å². The molecule has 2 aromatic rings. The number of benzene rings is 1. The van der Waals surface area contributed by atoms with Crippen molar-refractivity contribution in [3.8, 4) is 11.3 Å². The van der Waals surface area contributed by atoms with Crippen molar-refractivity contribution in [1.29, 1.82) is 0 Å². The van der Waals surface area contributed by atoms with E-state index in [2.05, 4.69) is 51.6 Å². The minimum Gasteiger partial charge on any atom is -0.338 e. The van der Waals surface area contributed by atoms with Crippen molar-refractivity contribution >= 4 is 5.88 Å². The summed E-state index contributed by atoms with van der Waals surface area (Å²) in [7, 11) is 2.17. The van der Waals surface area contributed by atoms with Gasteiger partial charge in [0.05, 0.1) is 5.56 Å². The van der Waals surface area contributed by atoms with Gasteiger partial charge < -0.3 is 19.6 Å². The van der Waals surface area contributed by atoms with Crippen molar-refractivity contribution in [1.82, 2.24) is 15.4 Å². The Morgan fingerprint density at radius 2 is 1.88 bits per heavy atom. The second-order valence-electron chi connectivity index (χ2n) is 7.05. The van der Waals surface area contributed by atoms with Crippen LogP contribution in [-0.2, 0) is 6.54 Å². The quantitative estimate of drug-likeness (QED) is 0.884. The molecule has 0 radical (unpaired) electrons. The first-order chi connectivity index (χ1) is 11.8. The van der Waals surface area contributed by atoms with Gasteiger partial charge in [-0.3, -0.25) is 0 Å². The summed E-state index contributed by atoms with van der Waals surface area (Å²) in [5, 5.41) is 8.03. The molecule has 4 rings (SSSR count). The van der Waals surface area contributed by atoms with Crippen LogP contribution >= 0.6 is 0 Å². The molecule has 5 nitrogen and oxygen atoms in total. The molecule has 5 heteroatoms. The smallest absolute Gasteiger partial charge is 0.232 e. The van der Waals surface area contributed by atoms with Crippen molar-refractivity contribution in [3.05, 3.63) is 35.9 Å². The number of nitrogens with zero attached hydrogens (tertiary/aromatic N) is 3. The molecule has 0 spiro atoms. The summed E-state index contributed by atoms with van der Waals surface area (Å²) in [6, 6.07) is 10.4. The number of piperazine rings is 1. The first kappa shape index (κ1) is 15.7. The summed E-state index contributed by atoms with van der Waals surface area (Å²) in [5.74, 6) is 1.82. The maximum absolute atomic E-state index is 5.82. The van der Waals surface area contributed by atoms with E-state index in [1.54, 1.807) is 0 Å². The van der Waals surface area contributed by atoms with Gasteiger partial charge in [0.1, 0.15) is 5.69 Å². The summed E-state index contributed by atoms with van der Waals surface area (Å²) >= 11 is 0. The highest BCUT2D eigenvalue weighted by Crippen LogP contribution is 2.32. The van der Waals surface area contributed by atoms with Crippen LogP contribution in [-0.4, -0.2) is 49.8 Å². The highest BCUT2D eigenvalue weighted by atomic mass is 16.5. The van der Waals surface area contributed by atoms with E-state index >= 15 is 0 Å². The van der Waals surface area contributed by atoms with Gasteiger partial charge in [0.2, 0.25) is 5.88 Å². The lowest BCUT2D eigenvalue weighted by Gasteiger charge is -2.32. The number of hydrogen-bond acceptors (Lipinski definition) is 5. The van der Waals surface area contributed by atoms with E-state index < -0.39 is 0 Å². The number of rotatable bonds is 6. The Morgan fingerprint density at radius 1 is 1.12 bits per heavy atom. The van der Waals surface area contributed by atoms with Crippen LogP contribution in [0.3, 0.4) is 0 Å². The van der Waals surface area contributed by atoms with Gasteiger partial charge in [-0.2, -0.15) is 0 Å². The molecule has 2 heterocycles. The Kier molecular flexibility index (Phi) is 4.54. The van der Waals surface area contributed by atoms with Gasteiger partial charge in [-0.25, -0.2) is 0 Å².